The highest BCUT2D eigenvalue weighted by Crippen LogP contribution is 2.37. The van der Waals surface area contributed by atoms with Crippen LogP contribution in [0.1, 0.15) is 33.5 Å². The number of fused-ring (bicyclic) bond motifs is 1. The molecule has 0 saturated carbocycles. The third-order valence-electron chi connectivity index (χ3n) is 4.52. The van der Waals surface area contributed by atoms with Crippen molar-refractivity contribution in [1.82, 2.24) is 15.3 Å². The first-order valence-electron chi connectivity index (χ1n) is 9.27. The molecule has 0 radical (unpaired) electrons. The Balaban J connectivity index is 1.76. The van der Waals surface area contributed by atoms with Gasteiger partial charge in [0.1, 0.15) is 26.3 Å². The van der Waals surface area contributed by atoms with Crippen LogP contribution in [0.4, 0.5) is 0 Å². The summed E-state index contributed by atoms with van der Waals surface area (Å²) in [6.45, 7) is 5.91. The van der Waals surface area contributed by atoms with E-state index in [1.165, 1.54) is 30.2 Å². The second-order valence-corrected chi connectivity index (χ2v) is 8.96. The van der Waals surface area contributed by atoms with Crippen LogP contribution >= 0.6 is 23.1 Å². The highest BCUT2D eigenvalue weighted by molar-refractivity contribution is 8.00. The van der Waals surface area contributed by atoms with E-state index in [2.05, 4.69) is 15.3 Å². The molecule has 1 aromatic carbocycles. The van der Waals surface area contributed by atoms with E-state index < -0.39 is 5.97 Å². The summed E-state index contributed by atoms with van der Waals surface area (Å²) in [4.78, 5) is 34.9. The largest absolute Gasteiger partial charge is 0.497 e. The Labute approximate surface area is 183 Å². The Bertz CT molecular complexity index is 1080. The molecule has 9 heteroatoms. The Hall–Kier alpha value is -2.65. The van der Waals surface area contributed by atoms with E-state index in [0.29, 0.717) is 27.1 Å². The molecular weight excluding hydrogens is 422 g/mol. The molecule has 1 atom stereocenters. The Morgan fingerprint density at radius 2 is 1.87 bits per heavy atom. The first-order chi connectivity index (χ1) is 14.3. The summed E-state index contributed by atoms with van der Waals surface area (Å²) in [5.41, 5.74) is 1.76. The smallest absolute Gasteiger partial charge is 0.348 e. The molecule has 0 unspecified atom stereocenters. The van der Waals surface area contributed by atoms with E-state index in [1.807, 2.05) is 38.1 Å². The highest BCUT2D eigenvalue weighted by atomic mass is 32.2. The van der Waals surface area contributed by atoms with E-state index in [0.717, 1.165) is 22.3 Å². The van der Waals surface area contributed by atoms with Gasteiger partial charge in [-0.25, -0.2) is 14.8 Å². The molecule has 158 valence electrons. The number of amides is 1. The van der Waals surface area contributed by atoms with Gasteiger partial charge in [0.05, 0.1) is 19.5 Å². The van der Waals surface area contributed by atoms with Crippen molar-refractivity contribution in [1.29, 1.82) is 0 Å². The maximum atomic E-state index is 12.6. The molecule has 30 heavy (non-hydrogen) atoms. The summed E-state index contributed by atoms with van der Waals surface area (Å²) in [6, 6.07) is 7.55. The summed E-state index contributed by atoms with van der Waals surface area (Å²) in [5.74, 6) is 0.874. The van der Waals surface area contributed by atoms with Gasteiger partial charge in [0.15, 0.2) is 0 Å². The van der Waals surface area contributed by atoms with Crippen molar-refractivity contribution < 1.29 is 19.1 Å². The molecule has 0 spiro atoms. The minimum Gasteiger partial charge on any atom is -0.497 e. The van der Waals surface area contributed by atoms with Crippen LogP contribution in [0.2, 0.25) is 0 Å². The lowest BCUT2D eigenvalue weighted by Gasteiger charge is -2.13. The zero-order valence-corrected chi connectivity index (χ0v) is 19.1. The molecule has 0 aliphatic heterocycles. The fourth-order valence-electron chi connectivity index (χ4n) is 2.87. The molecule has 0 aliphatic carbocycles. The Morgan fingerprint density at radius 3 is 2.50 bits per heavy atom. The molecule has 0 aliphatic rings. The van der Waals surface area contributed by atoms with Crippen molar-refractivity contribution in [2.24, 2.45) is 0 Å². The molecule has 3 rings (SSSR count). The molecule has 3 aromatic rings. The summed E-state index contributed by atoms with van der Waals surface area (Å²) >= 11 is 2.64. The average molecular weight is 446 g/mol. The van der Waals surface area contributed by atoms with Gasteiger partial charge in [0, 0.05) is 11.9 Å². The lowest BCUT2D eigenvalue weighted by atomic mass is 10.2. The van der Waals surface area contributed by atoms with E-state index >= 15 is 0 Å². The van der Waals surface area contributed by atoms with E-state index in [1.54, 1.807) is 14.0 Å². The number of carbonyl (C=O) groups is 2. The molecule has 0 fully saturated rings. The number of hydrogen-bond acceptors (Lipinski definition) is 8. The van der Waals surface area contributed by atoms with Crippen molar-refractivity contribution in [3.63, 3.8) is 0 Å². The van der Waals surface area contributed by atoms with Gasteiger partial charge < -0.3 is 14.8 Å². The van der Waals surface area contributed by atoms with Crippen molar-refractivity contribution >= 4 is 45.2 Å². The number of nitrogens with one attached hydrogen (secondary N) is 1. The predicted molar refractivity (Wildman–Crippen MR) is 118 cm³/mol. The fourth-order valence-corrected chi connectivity index (χ4v) is 5.16. The van der Waals surface area contributed by atoms with Crippen LogP contribution in [0.15, 0.2) is 29.3 Å². The average Bonchev–Trinajstić information content (AvgIpc) is 3.07. The van der Waals surface area contributed by atoms with Gasteiger partial charge in [-0.15, -0.1) is 11.3 Å². The van der Waals surface area contributed by atoms with Gasteiger partial charge in [-0.05, 0) is 44.0 Å². The third-order valence-corrected chi connectivity index (χ3v) is 6.78. The van der Waals surface area contributed by atoms with Crippen molar-refractivity contribution in [3.8, 4) is 5.75 Å². The van der Waals surface area contributed by atoms with Gasteiger partial charge in [0.25, 0.3) is 0 Å². The van der Waals surface area contributed by atoms with E-state index in [-0.39, 0.29) is 11.2 Å². The van der Waals surface area contributed by atoms with Crippen molar-refractivity contribution in [3.05, 3.63) is 46.1 Å². The summed E-state index contributed by atoms with van der Waals surface area (Å²) in [7, 11) is 2.97. The Kier molecular flexibility index (Phi) is 6.94. The zero-order valence-electron chi connectivity index (χ0n) is 17.4. The number of thioether (sulfide) groups is 1. The normalized spacial score (nSPS) is 11.9. The maximum absolute atomic E-state index is 12.6. The van der Waals surface area contributed by atoms with Gasteiger partial charge in [-0.3, -0.25) is 4.79 Å². The monoisotopic (exact) mass is 445 g/mol. The highest BCUT2D eigenvalue weighted by Gasteiger charge is 2.23. The van der Waals surface area contributed by atoms with Crippen LogP contribution in [0.25, 0.3) is 10.2 Å². The third kappa shape index (κ3) is 4.73. The number of nitrogens with zero attached hydrogens (tertiary/aromatic N) is 2. The number of rotatable bonds is 7. The summed E-state index contributed by atoms with van der Waals surface area (Å²) in [5, 5.41) is 4.06. The molecule has 2 aromatic heterocycles. The Morgan fingerprint density at radius 1 is 1.17 bits per heavy atom. The lowest BCUT2D eigenvalue weighted by molar-refractivity contribution is -0.120. The predicted octanol–water partition coefficient (Wildman–Crippen LogP) is 3.90. The second-order valence-electron chi connectivity index (χ2n) is 6.63. The fraction of sp³-hybridized carbons (Fsp3) is 0.333. The number of carbonyl (C=O) groups excluding carboxylic acids is 2. The number of ether oxygens (including phenoxy) is 2. The van der Waals surface area contributed by atoms with Crippen molar-refractivity contribution in [2.45, 2.75) is 37.6 Å². The van der Waals surface area contributed by atoms with E-state index in [9.17, 15) is 9.59 Å². The molecule has 7 nitrogen and oxygen atoms in total. The van der Waals surface area contributed by atoms with Crippen molar-refractivity contribution in [2.75, 3.05) is 14.2 Å². The molecular formula is C21H23N3O4S2. The maximum Gasteiger partial charge on any atom is 0.348 e. The SMILES string of the molecule is COC(=O)c1sc2nc(C)nc(S[C@@H](C)C(=O)NCc3ccc(OC)cc3)c2c1C. The number of thiophene rings is 1. The molecule has 1 N–H and O–H groups in total. The van der Waals surface area contributed by atoms with Crippen LogP contribution in [0, 0.1) is 13.8 Å². The number of aryl methyl sites for hydroxylation is 2. The van der Waals surface area contributed by atoms with Crippen LogP contribution in [-0.2, 0) is 16.1 Å². The molecule has 0 bridgehead atoms. The lowest BCUT2D eigenvalue weighted by Crippen LogP contribution is -2.30. The quantitative estimate of drug-likeness (QED) is 0.335. The number of hydrogen-bond donors (Lipinski definition) is 1. The number of esters is 1. The topological polar surface area (TPSA) is 90.4 Å². The zero-order chi connectivity index (χ0) is 21.8. The minimum atomic E-state index is -0.394. The van der Waals surface area contributed by atoms with Crippen LogP contribution < -0.4 is 10.1 Å². The molecule has 0 saturated heterocycles. The van der Waals surface area contributed by atoms with Crippen LogP contribution in [0.5, 0.6) is 5.75 Å². The van der Waals surface area contributed by atoms with Crippen LogP contribution in [0.3, 0.4) is 0 Å². The molecule has 2 heterocycles. The summed E-state index contributed by atoms with van der Waals surface area (Å²) < 4.78 is 10.0. The number of aromatic nitrogens is 2. The first kappa shape index (κ1) is 22.0. The van der Waals surface area contributed by atoms with Gasteiger partial charge >= 0.3 is 5.97 Å². The standard InChI is InChI=1S/C21H23N3O4S2/c1-11-16-19(23-13(3)24-20(16)30-17(11)21(26)28-5)29-12(2)18(25)22-10-14-6-8-15(27-4)9-7-14/h6-9,12H,10H2,1-5H3,(H,22,25)/t12-/m0/s1. The van der Waals surface area contributed by atoms with Gasteiger partial charge in [-0.1, -0.05) is 23.9 Å². The number of methoxy groups -OCH3 is 2. The second kappa shape index (κ2) is 9.44. The van der Waals surface area contributed by atoms with Gasteiger partial charge in [-0.2, -0.15) is 0 Å². The first-order valence-corrected chi connectivity index (χ1v) is 11.0. The van der Waals surface area contributed by atoms with Crippen LogP contribution in [-0.4, -0.2) is 41.3 Å². The van der Waals surface area contributed by atoms with Gasteiger partial charge in [0.2, 0.25) is 5.91 Å². The van der Waals surface area contributed by atoms with E-state index in [4.69, 9.17) is 9.47 Å². The molecule has 1 amide bonds. The summed E-state index contributed by atoms with van der Waals surface area (Å²) in [6.07, 6.45) is 0. The number of benzene rings is 1. The minimum absolute atomic E-state index is 0.0960.